The minimum absolute atomic E-state index is 0.268. The summed E-state index contributed by atoms with van der Waals surface area (Å²) in [6.07, 6.45) is 0. The number of ether oxygens (including phenoxy) is 1. The molecule has 0 saturated heterocycles. The van der Waals surface area contributed by atoms with Gasteiger partial charge in [0.25, 0.3) is 5.56 Å². The van der Waals surface area contributed by atoms with Crippen molar-refractivity contribution in [1.29, 1.82) is 0 Å². The fourth-order valence-corrected chi connectivity index (χ4v) is 3.16. The number of nitrogens with one attached hydrogen (secondary N) is 1. The van der Waals surface area contributed by atoms with Crippen molar-refractivity contribution in [2.45, 2.75) is 19.8 Å². The molecule has 0 spiro atoms. The molecule has 1 N–H and O–H groups in total. The van der Waals surface area contributed by atoms with E-state index in [9.17, 15) is 14.4 Å². The Bertz CT molecular complexity index is 1020. The molecule has 0 bridgehead atoms. The van der Waals surface area contributed by atoms with Crippen LogP contribution in [0.1, 0.15) is 29.9 Å². The average Bonchev–Trinajstić information content (AvgIpc) is 3.02. The van der Waals surface area contributed by atoms with Crippen molar-refractivity contribution in [3.05, 3.63) is 61.3 Å². The molecule has 0 radical (unpaired) electrons. The maximum absolute atomic E-state index is 12.8. The predicted molar refractivity (Wildman–Crippen MR) is 90.6 cm³/mol. The molecule has 3 heterocycles. The van der Waals surface area contributed by atoms with E-state index in [1.807, 2.05) is 0 Å². The van der Waals surface area contributed by atoms with Crippen molar-refractivity contribution in [3.63, 3.8) is 0 Å². The third-order valence-electron chi connectivity index (χ3n) is 4.44. The number of aromatic nitrogens is 2. The Labute approximate surface area is 143 Å². The maximum atomic E-state index is 12.8. The van der Waals surface area contributed by atoms with Gasteiger partial charge in [-0.1, -0.05) is 0 Å². The van der Waals surface area contributed by atoms with Gasteiger partial charge in [0.2, 0.25) is 0 Å². The second-order valence-electron chi connectivity index (χ2n) is 6.00. The lowest BCUT2D eigenvalue weighted by Gasteiger charge is -2.29. The van der Waals surface area contributed by atoms with E-state index in [1.54, 1.807) is 33.0 Å². The second-order valence-corrected chi connectivity index (χ2v) is 6.00. The highest BCUT2D eigenvalue weighted by molar-refractivity contribution is 5.94. The molecule has 2 aromatic rings. The molecular formula is C17H19N3O5. The summed E-state index contributed by atoms with van der Waals surface area (Å²) in [7, 11) is 4.24. The molecule has 1 aliphatic heterocycles. The number of anilines is 1. The Balaban J connectivity index is 2.41. The molecule has 1 aliphatic rings. The van der Waals surface area contributed by atoms with E-state index in [-0.39, 0.29) is 11.1 Å². The number of aryl methyl sites for hydroxylation is 1. The smallest absolute Gasteiger partial charge is 0.336 e. The summed E-state index contributed by atoms with van der Waals surface area (Å²) in [6.45, 7) is 3.47. The summed E-state index contributed by atoms with van der Waals surface area (Å²) >= 11 is 0. The first kappa shape index (κ1) is 16.8. The molecule has 0 unspecified atom stereocenters. The van der Waals surface area contributed by atoms with Gasteiger partial charge in [-0.25, -0.2) is 9.59 Å². The van der Waals surface area contributed by atoms with Gasteiger partial charge in [-0.15, -0.1) is 0 Å². The number of hydrogen-bond donors (Lipinski definition) is 1. The number of fused-ring (bicyclic) bond motifs is 1. The van der Waals surface area contributed by atoms with Crippen LogP contribution in [0.3, 0.4) is 0 Å². The van der Waals surface area contributed by atoms with Crippen molar-refractivity contribution in [2.24, 2.45) is 14.1 Å². The summed E-state index contributed by atoms with van der Waals surface area (Å²) in [6, 6.07) is 3.48. The summed E-state index contributed by atoms with van der Waals surface area (Å²) in [5, 5.41) is 3.00. The highest BCUT2D eigenvalue weighted by atomic mass is 16.5. The Morgan fingerprint density at radius 1 is 1.20 bits per heavy atom. The molecule has 0 aliphatic carbocycles. The molecule has 2 aromatic heterocycles. The lowest BCUT2D eigenvalue weighted by Crippen LogP contribution is -2.43. The fourth-order valence-electron chi connectivity index (χ4n) is 3.16. The topological polar surface area (TPSA) is 95.5 Å². The highest BCUT2D eigenvalue weighted by Gasteiger charge is 2.38. The number of methoxy groups -OCH3 is 1. The second kappa shape index (κ2) is 5.80. The zero-order valence-corrected chi connectivity index (χ0v) is 14.7. The number of carbonyl (C=O) groups excluding carboxylic acids is 1. The van der Waals surface area contributed by atoms with Crippen LogP contribution in [0, 0.1) is 6.92 Å². The third-order valence-corrected chi connectivity index (χ3v) is 4.44. The Morgan fingerprint density at radius 2 is 1.88 bits per heavy atom. The maximum Gasteiger partial charge on any atom is 0.336 e. The van der Waals surface area contributed by atoms with Crippen LogP contribution in [-0.4, -0.2) is 22.2 Å². The van der Waals surface area contributed by atoms with Crippen LogP contribution in [0.25, 0.3) is 0 Å². The first-order chi connectivity index (χ1) is 11.8. The first-order valence-electron chi connectivity index (χ1n) is 7.70. The van der Waals surface area contributed by atoms with E-state index in [0.29, 0.717) is 23.0 Å². The average molecular weight is 345 g/mol. The van der Waals surface area contributed by atoms with Crippen molar-refractivity contribution in [3.8, 4) is 0 Å². The van der Waals surface area contributed by atoms with E-state index < -0.39 is 23.1 Å². The van der Waals surface area contributed by atoms with Gasteiger partial charge in [-0.05, 0) is 26.0 Å². The van der Waals surface area contributed by atoms with Crippen molar-refractivity contribution in [2.75, 3.05) is 12.4 Å². The highest BCUT2D eigenvalue weighted by Crippen LogP contribution is 2.40. The van der Waals surface area contributed by atoms with E-state index in [1.165, 1.54) is 18.7 Å². The molecule has 1 atom stereocenters. The standard InChI is InChI=1S/C17H19N3O5/c1-8-6-7-10(25-8)12-11(16(22)24-5)9(2)18-14-13(12)15(21)20(4)17(23)19(14)3/h6-7,12,18H,1-5H3/t12-/m0/s1. The zero-order valence-electron chi connectivity index (χ0n) is 14.7. The molecule has 0 aromatic carbocycles. The van der Waals surface area contributed by atoms with Gasteiger partial charge in [0.15, 0.2) is 0 Å². The Kier molecular flexibility index (Phi) is 3.90. The van der Waals surface area contributed by atoms with Crippen molar-refractivity contribution < 1.29 is 13.9 Å². The Hall–Kier alpha value is -3.03. The summed E-state index contributed by atoms with van der Waals surface area (Å²) in [5.74, 6) is 0.111. The number of rotatable bonds is 2. The number of allylic oxidation sites excluding steroid dienone is 1. The molecular weight excluding hydrogens is 326 g/mol. The molecule has 0 amide bonds. The molecule has 0 fully saturated rings. The predicted octanol–water partition coefficient (Wildman–Crippen LogP) is 0.990. The van der Waals surface area contributed by atoms with E-state index in [2.05, 4.69) is 5.32 Å². The molecule has 8 nitrogen and oxygen atoms in total. The first-order valence-corrected chi connectivity index (χ1v) is 7.70. The number of carbonyl (C=O) groups is 1. The zero-order chi connectivity index (χ0) is 18.5. The lowest BCUT2D eigenvalue weighted by atomic mass is 9.85. The van der Waals surface area contributed by atoms with Gasteiger partial charge in [-0.2, -0.15) is 0 Å². The van der Waals surface area contributed by atoms with Crippen LogP contribution in [0.4, 0.5) is 5.82 Å². The summed E-state index contributed by atoms with van der Waals surface area (Å²) in [4.78, 5) is 37.5. The Morgan fingerprint density at radius 3 is 2.44 bits per heavy atom. The molecule has 25 heavy (non-hydrogen) atoms. The number of esters is 1. The normalized spacial score (nSPS) is 16.4. The fraction of sp³-hybridized carbons (Fsp3) is 0.353. The van der Waals surface area contributed by atoms with Gasteiger partial charge in [-0.3, -0.25) is 13.9 Å². The monoisotopic (exact) mass is 345 g/mol. The van der Waals surface area contributed by atoms with Gasteiger partial charge >= 0.3 is 11.7 Å². The van der Waals surface area contributed by atoms with Crippen molar-refractivity contribution >= 4 is 11.8 Å². The molecule has 0 saturated carbocycles. The molecule has 8 heteroatoms. The van der Waals surface area contributed by atoms with Crippen LogP contribution in [0.5, 0.6) is 0 Å². The van der Waals surface area contributed by atoms with Crippen LogP contribution in [-0.2, 0) is 23.6 Å². The summed E-state index contributed by atoms with van der Waals surface area (Å²) in [5.41, 5.74) is 0.102. The van der Waals surface area contributed by atoms with Gasteiger partial charge in [0.05, 0.1) is 24.2 Å². The minimum atomic E-state index is -0.761. The van der Waals surface area contributed by atoms with Gasteiger partial charge in [0.1, 0.15) is 17.3 Å². The quantitative estimate of drug-likeness (QED) is 0.816. The third kappa shape index (κ3) is 2.41. The number of hydrogen-bond acceptors (Lipinski definition) is 6. The SMILES string of the molecule is COC(=O)C1=C(C)Nc2c(c(=O)n(C)c(=O)n2C)[C@H]1c1ccc(C)o1. The lowest BCUT2D eigenvalue weighted by molar-refractivity contribution is -0.136. The minimum Gasteiger partial charge on any atom is -0.466 e. The van der Waals surface area contributed by atoms with E-state index >= 15 is 0 Å². The molecule has 3 rings (SSSR count). The molecule has 132 valence electrons. The number of furan rings is 1. The van der Waals surface area contributed by atoms with Crippen LogP contribution >= 0.6 is 0 Å². The van der Waals surface area contributed by atoms with Gasteiger partial charge in [0, 0.05) is 19.8 Å². The van der Waals surface area contributed by atoms with Gasteiger partial charge < -0.3 is 14.5 Å². The largest absolute Gasteiger partial charge is 0.466 e. The van der Waals surface area contributed by atoms with E-state index in [4.69, 9.17) is 9.15 Å². The van der Waals surface area contributed by atoms with Crippen molar-refractivity contribution in [1.82, 2.24) is 9.13 Å². The van der Waals surface area contributed by atoms with Crippen LogP contribution < -0.4 is 16.6 Å². The van der Waals surface area contributed by atoms with Crippen LogP contribution in [0.15, 0.2) is 37.4 Å². The van der Waals surface area contributed by atoms with Crippen LogP contribution in [0.2, 0.25) is 0 Å². The van der Waals surface area contributed by atoms with E-state index in [0.717, 1.165) is 4.57 Å². The summed E-state index contributed by atoms with van der Waals surface area (Å²) < 4.78 is 13.0. The number of nitrogens with zero attached hydrogens (tertiary/aromatic N) is 2.